The molecule has 6 nitrogen and oxygen atoms in total. The van der Waals surface area contributed by atoms with Gasteiger partial charge in [0.1, 0.15) is 0 Å². The van der Waals surface area contributed by atoms with Crippen LogP contribution < -0.4 is 0 Å². The minimum atomic E-state index is -4.53. The molecule has 1 saturated heterocycles. The van der Waals surface area contributed by atoms with Crippen LogP contribution in [-0.2, 0) is 17.5 Å². The molecule has 5 rings (SSSR count). The number of alkyl halides is 3. The molecule has 3 aromatic rings. The lowest BCUT2D eigenvalue weighted by molar-refractivity contribution is -0.138. The molecule has 37 heavy (non-hydrogen) atoms. The highest BCUT2D eigenvalue weighted by molar-refractivity contribution is 8.05. The lowest BCUT2D eigenvalue weighted by Gasteiger charge is -2.49. The first-order valence-corrected chi connectivity index (χ1v) is 13.1. The van der Waals surface area contributed by atoms with E-state index in [9.17, 15) is 23.1 Å². The predicted octanol–water partition coefficient (Wildman–Crippen LogP) is 5.43. The summed E-state index contributed by atoms with van der Waals surface area (Å²) in [7, 11) is 4.00. The van der Waals surface area contributed by atoms with Gasteiger partial charge in [0.05, 0.1) is 28.7 Å². The van der Waals surface area contributed by atoms with Crippen LogP contribution in [0.25, 0.3) is 17.0 Å². The summed E-state index contributed by atoms with van der Waals surface area (Å²) in [5.41, 5.74) is -0.360. The number of likely N-dealkylation sites (N-methyl/N-ethyl adjacent to an activating group) is 1. The number of thioether (sulfide) groups is 1. The number of hydrogen-bond donors (Lipinski definition) is 1. The van der Waals surface area contributed by atoms with Crippen molar-refractivity contribution in [3.63, 3.8) is 0 Å². The number of rotatable bonds is 6. The fraction of sp³-hybridized carbons (Fsp3) is 0.385. The first-order valence-electron chi connectivity index (χ1n) is 11.8. The van der Waals surface area contributed by atoms with E-state index in [1.165, 1.54) is 21.7 Å². The first kappa shape index (κ1) is 26.1. The maximum atomic E-state index is 13.5. The van der Waals surface area contributed by atoms with Crippen molar-refractivity contribution in [3.8, 4) is 0 Å². The quantitative estimate of drug-likeness (QED) is 0.415. The van der Waals surface area contributed by atoms with Gasteiger partial charge in [0.2, 0.25) is 0 Å². The lowest BCUT2D eigenvalue weighted by Crippen LogP contribution is -2.58. The molecule has 0 spiro atoms. The van der Waals surface area contributed by atoms with Crippen LogP contribution in [0.4, 0.5) is 13.2 Å². The zero-order valence-electron chi connectivity index (χ0n) is 20.3. The van der Waals surface area contributed by atoms with Crippen LogP contribution in [0.15, 0.2) is 47.5 Å². The van der Waals surface area contributed by atoms with Gasteiger partial charge in [0.15, 0.2) is 5.56 Å². The number of fused-ring (bicyclic) bond motifs is 1. The Morgan fingerprint density at radius 2 is 2.00 bits per heavy atom. The van der Waals surface area contributed by atoms with Crippen LogP contribution in [-0.4, -0.2) is 62.3 Å². The van der Waals surface area contributed by atoms with Crippen molar-refractivity contribution >= 4 is 46.2 Å². The van der Waals surface area contributed by atoms with Crippen molar-refractivity contribution in [1.82, 2.24) is 19.6 Å². The summed E-state index contributed by atoms with van der Waals surface area (Å²) in [6, 6.07) is 9.10. The Labute approximate surface area is 221 Å². The van der Waals surface area contributed by atoms with E-state index < -0.39 is 17.3 Å². The minimum Gasteiger partial charge on any atom is -0.364 e. The molecule has 0 radical (unpaired) electrons. The number of benzene rings is 2. The normalized spacial score (nSPS) is 20.9. The Morgan fingerprint density at radius 3 is 2.65 bits per heavy atom. The molecule has 0 bridgehead atoms. The molecular formula is C26H26ClF3N4O2S. The van der Waals surface area contributed by atoms with Gasteiger partial charge in [-0.3, -0.25) is 9.48 Å². The Kier molecular flexibility index (Phi) is 6.81. The number of halogens is 4. The molecule has 2 aromatic carbocycles. The summed E-state index contributed by atoms with van der Waals surface area (Å²) < 4.78 is 42.0. The first-order chi connectivity index (χ1) is 17.5. The Bertz CT molecular complexity index is 1380. The van der Waals surface area contributed by atoms with E-state index in [0.717, 1.165) is 48.0 Å². The fourth-order valence-electron chi connectivity index (χ4n) is 4.95. The second-order valence-corrected chi connectivity index (χ2v) is 11.3. The number of aliphatic hydroxyl groups excluding tert-OH is 1. The number of carbonyl (C=O) groups is 1. The molecule has 1 N–H and O–H groups in total. The van der Waals surface area contributed by atoms with Gasteiger partial charge in [-0.1, -0.05) is 35.5 Å². The van der Waals surface area contributed by atoms with Crippen LogP contribution in [0.2, 0.25) is 5.02 Å². The largest absolute Gasteiger partial charge is 0.416 e. The molecule has 2 fully saturated rings. The van der Waals surface area contributed by atoms with E-state index >= 15 is 0 Å². The van der Waals surface area contributed by atoms with Crippen molar-refractivity contribution in [2.75, 3.05) is 20.6 Å². The van der Waals surface area contributed by atoms with E-state index in [4.69, 9.17) is 11.6 Å². The van der Waals surface area contributed by atoms with Gasteiger partial charge in [0, 0.05) is 22.5 Å². The van der Waals surface area contributed by atoms with Gasteiger partial charge < -0.3 is 14.9 Å². The van der Waals surface area contributed by atoms with Crippen LogP contribution >= 0.6 is 23.4 Å². The van der Waals surface area contributed by atoms with Crippen molar-refractivity contribution in [3.05, 3.63) is 69.2 Å². The zero-order valence-corrected chi connectivity index (χ0v) is 21.9. The molecule has 1 amide bonds. The predicted molar refractivity (Wildman–Crippen MR) is 139 cm³/mol. The second kappa shape index (κ2) is 9.65. The maximum Gasteiger partial charge on any atom is 0.416 e. The smallest absolute Gasteiger partial charge is 0.364 e. The minimum absolute atomic E-state index is 0.0201. The standard InChI is InChI=1S/C26H26ClF3N4O2S/c1-32(2)25(8-3-9-25)15-33-23(35)22(37-24(33)36)11-16-4-7-21-18(10-16)13-31-34(21)14-17-5-6-19(27)12-20(17)26(28,29)30/h4-7,10-13,24,36H,3,8-9,14-15H2,1-2H3/b22-11-. The van der Waals surface area contributed by atoms with Crippen molar-refractivity contribution in [2.24, 2.45) is 0 Å². The van der Waals surface area contributed by atoms with E-state index in [1.807, 2.05) is 20.2 Å². The topological polar surface area (TPSA) is 61.6 Å². The fourth-order valence-corrected chi connectivity index (χ4v) is 6.07. The maximum absolute atomic E-state index is 13.5. The summed E-state index contributed by atoms with van der Waals surface area (Å²) in [5, 5.41) is 15.6. The van der Waals surface area contributed by atoms with Crippen LogP contribution in [0, 0.1) is 0 Å². The number of nitrogens with zero attached hydrogens (tertiary/aromatic N) is 4. The highest BCUT2D eigenvalue weighted by Gasteiger charge is 2.45. The van der Waals surface area contributed by atoms with Crippen LogP contribution in [0.3, 0.4) is 0 Å². The molecule has 2 aliphatic rings. The van der Waals surface area contributed by atoms with Crippen LogP contribution in [0.5, 0.6) is 0 Å². The number of aliphatic hydroxyl groups is 1. The van der Waals surface area contributed by atoms with E-state index in [1.54, 1.807) is 24.4 Å². The number of carbonyl (C=O) groups excluding carboxylic acids is 1. The van der Waals surface area contributed by atoms with E-state index in [0.29, 0.717) is 17.0 Å². The monoisotopic (exact) mass is 550 g/mol. The Morgan fingerprint density at radius 1 is 1.24 bits per heavy atom. The molecule has 11 heteroatoms. The third-order valence-corrected chi connectivity index (χ3v) is 8.58. The Balaban J connectivity index is 1.37. The van der Waals surface area contributed by atoms with Crippen LogP contribution in [0.1, 0.15) is 36.0 Å². The number of amides is 1. The molecular weight excluding hydrogens is 525 g/mol. The van der Waals surface area contributed by atoms with E-state index in [2.05, 4.69) is 10.00 Å². The van der Waals surface area contributed by atoms with Gasteiger partial charge in [-0.2, -0.15) is 18.3 Å². The highest BCUT2D eigenvalue weighted by atomic mass is 35.5. The molecule has 1 aliphatic carbocycles. The van der Waals surface area contributed by atoms with Gasteiger partial charge in [0.25, 0.3) is 5.91 Å². The van der Waals surface area contributed by atoms with Crippen molar-refractivity contribution in [1.29, 1.82) is 0 Å². The van der Waals surface area contributed by atoms with Gasteiger partial charge in [-0.15, -0.1) is 0 Å². The molecule has 196 valence electrons. The summed E-state index contributed by atoms with van der Waals surface area (Å²) >= 11 is 6.91. The average molecular weight is 551 g/mol. The van der Waals surface area contributed by atoms with E-state index in [-0.39, 0.29) is 28.6 Å². The lowest BCUT2D eigenvalue weighted by atomic mass is 9.75. The number of hydrogen-bond acceptors (Lipinski definition) is 5. The molecule has 1 aliphatic heterocycles. The molecule has 1 unspecified atom stereocenters. The summed E-state index contributed by atoms with van der Waals surface area (Å²) in [6.07, 6.45) is 1.87. The molecule has 1 saturated carbocycles. The highest BCUT2D eigenvalue weighted by Crippen LogP contribution is 2.42. The van der Waals surface area contributed by atoms with Gasteiger partial charge in [-0.25, -0.2) is 0 Å². The SMILES string of the molecule is CN(C)C1(CN2C(=O)/C(=C/c3ccc4c(cnn4Cc4ccc(Cl)cc4C(F)(F)F)c3)SC2O)CCC1. The summed E-state index contributed by atoms with van der Waals surface area (Å²) in [4.78, 5) is 17.2. The second-order valence-electron chi connectivity index (χ2n) is 9.78. The average Bonchev–Trinajstić information content (AvgIpc) is 3.31. The molecule has 2 heterocycles. The van der Waals surface area contributed by atoms with Crippen molar-refractivity contribution in [2.45, 2.75) is 43.1 Å². The molecule has 1 atom stereocenters. The molecule has 1 aromatic heterocycles. The van der Waals surface area contributed by atoms with Gasteiger partial charge >= 0.3 is 6.18 Å². The third-order valence-electron chi connectivity index (χ3n) is 7.33. The Hall–Kier alpha value is -2.53. The van der Waals surface area contributed by atoms with Gasteiger partial charge in [-0.05, 0) is 74.8 Å². The zero-order chi connectivity index (χ0) is 26.5. The van der Waals surface area contributed by atoms with Crippen molar-refractivity contribution < 1.29 is 23.1 Å². The summed E-state index contributed by atoms with van der Waals surface area (Å²) in [6.45, 7) is 0.403. The third kappa shape index (κ3) is 4.99. The number of aromatic nitrogens is 2. The summed E-state index contributed by atoms with van der Waals surface area (Å²) in [5.74, 6) is -0.205.